The van der Waals surface area contributed by atoms with Gasteiger partial charge in [0.2, 0.25) is 11.8 Å². The van der Waals surface area contributed by atoms with Crippen LogP contribution in [0.2, 0.25) is 0 Å². The molecular weight excluding hydrogens is 274 g/mol. The molecule has 1 spiro atoms. The van der Waals surface area contributed by atoms with E-state index in [1.807, 2.05) is 20.8 Å². The van der Waals surface area contributed by atoms with Crippen molar-refractivity contribution in [3.63, 3.8) is 0 Å². The quantitative estimate of drug-likeness (QED) is 0.743. The Kier molecular flexibility index (Phi) is 3.86. The number of nitrogens with zero attached hydrogens (tertiary/aromatic N) is 2. The zero-order valence-electron chi connectivity index (χ0n) is 12.8. The highest BCUT2D eigenvalue weighted by Crippen LogP contribution is 2.41. The third kappa shape index (κ3) is 3.28. The van der Waals surface area contributed by atoms with Crippen LogP contribution >= 0.6 is 0 Å². The van der Waals surface area contributed by atoms with Crippen molar-refractivity contribution in [2.45, 2.75) is 39.2 Å². The molecule has 0 unspecified atom stereocenters. The number of carbonyl (C=O) groups excluding carboxylic acids is 3. The maximum Gasteiger partial charge on any atom is 0.410 e. The largest absolute Gasteiger partial charge is 0.444 e. The van der Waals surface area contributed by atoms with Gasteiger partial charge in [0.1, 0.15) is 5.60 Å². The van der Waals surface area contributed by atoms with Gasteiger partial charge >= 0.3 is 6.09 Å². The summed E-state index contributed by atoms with van der Waals surface area (Å²) in [6.45, 7) is 7.03. The predicted octanol–water partition coefficient (Wildman–Crippen LogP) is 0.331. The van der Waals surface area contributed by atoms with Gasteiger partial charge in [0, 0.05) is 19.6 Å². The second-order valence-corrected chi connectivity index (χ2v) is 6.88. The molecule has 2 heterocycles. The average molecular weight is 297 g/mol. The number of hydrogen-bond donors (Lipinski definition) is 1. The summed E-state index contributed by atoms with van der Waals surface area (Å²) in [5.74, 6) is -0.519. The van der Waals surface area contributed by atoms with Crippen LogP contribution in [-0.2, 0) is 14.3 Å². The van der Waals surface area contributed by atoms with E-state index in [0.717, 1.165) is 0 Å². The summed E-state index contributed by atoms with van der Waals surface area (Å²) >= 11 is 0. The van der Waals surface area contributed by atoms with Crippen molar-refractivity contribution in [3.8, 4) is 0 Å². The second kappa shape index (κ2) is 5.20. The van der Waals surface area contributed by atoms with Crippen molar-refractivity contribution in [2.75, 3.05) is 26.2 Å². The molecule has 0 atom stereocenters. The first-order valence-electron chi connectivity index (χ1n) is 7.19. The molecule has 0 aromatic heterocycles. The number of ether oxygens (including phenoxy) is 1. The molecule has 2 fully saturated rings. The van der Waals surface area contributed by atoms with E-state index in [1.54, 1.807) is 4.90 Å². The van der Waals surface area contributed by atoms with Gasteiger partial charge in [0.05, 0.1) is 12.0 Å². The number of hydrogen-bond acceptors (Lipinski definition) is 4. The number of primary amides is 1. The van der Waals surface area contributed by atoms with Gasteiger partial charge in [0.15, 0.2) is 0 Å². The van der Waals surface area contributed by atoms with Crippen molar-refractivity contribution in [1.29, 1.82) is 0 Å². The second-order valence-electron chi connectivity index (χ2n) is 6.88. The third-order valence-electron chi connectivity index (χ3n) is 3.95. The van der Waals surface area contributed by atoms with Crippen LogP contribution in [0, 0.1) is 5.41 Å². The molecule has 7 nitrogen and oxygen atoms in total. The molecule has 0 aliphatic carbocycles. The summed E-state index contributed by atoms with van der Waals surface area (Å²) in [4.78, 5) is 38.1. The van der Waals surface area contributed by atoms with Gasteiger partial charge < -0.3 is 20.3 Å². The Balaban J connectivity index is 1.86. The molecular formula is C14H23N3O4. The zero-order chi connectivity index (χ0) is 15.8. The summed E-state index contributed by atoms with van der Waals surface area (Å²) in [5, 5.41) is 0. The minimum absolute atomic E-state index is 0.0175. The zero-order valence-corrected chi connectivity index (χ0v) is 12.8. The fourth-order valence-corrected chi connectivity index (χ4v) is 2.88. The number of likely N-dealkylation sites (tertiary alicyclic amines) is 2. The van der Waals surface area contributed by atoms with Crippen molar-refractivity contribution >= 4 is 17.9 Å². The fourth-order valence-electron chi connectivity index (χ4n) is 2.88. The summed E-state index contributed by atoms with van der Waals surface area (Å²) in [6, 6.07) is 0. The topological polar surface area (TPSA) is 92.9 Å². The van der Waals surface area contributed by atoms with Crippen LogP contribution in [0.4, 0.5) is 4.79 Å². The molecule has 2 aliphatic rings. The maximum absolute atomic E-state index is 12.2. The van der Waals surface area contributed by atoms with E-state index < -0.39 is 16.9 Å². The van der Waals surface area contributed by atoms with Gasteiger partial charge in [-0.2, -0.15) is 0 Å². The van der Waals surface area contributed by atoms with E-state index in [-0.39, 0.29) is 18.5 Å². The van der Waals surface area contributed by atoms with Crippen molar-refractivity contribution < 1.29 is 19.1 Å². The van der Waals surface area contributed by atoms with Crippen LogP contribution in [-0.4, -0.2) is 59.5 Å². The molecule has 2 saturated heterocycles. The van der Waals surface area contributed by atoms with Crippen LogP contribution in [0.1, 0.15) is 33.6 Å². The molecule has 21 heavy (non-hydrogen) atoms. The number of amides is 3. The first kappa shape index (κ1) is 15.6. The Bertz CT molecular complexity index is 461. The van der Waals surface area contributed by atoms with E-state index in [1.165, 1.54) is 4.90 Å². The van der Waals surface area contributed by atoms with Crippen LogP contribution in [0.25, 0.3) is 0 Å². The molecule has 118 valence electrons. The normalized spacial score (nSPS) is 21.2. The maximum atomic E-state index is 12.2. The molecule has 0 radical (unpaired) electrons. The van der Waals surface area contributed by atoms with E-state index in [4.69, 9.17) is 10.5 Å². The van der Waals surface area contributed by atoms with Gasteiger partial charge in [-0.15, -0.1) is 0 Å². The highest BCUT2D eigenvalue weighted by molar-refractivity contribution is 5.92. The Labute approximate surface area is 124 Å². The lowest BCUT2D eigenvalue weighted by Gasteiger charge is -2.52. The third-order valence-corrected chi connectivity index (χ3v) is 3.95. The van der Waals surface area contributed by atoms with Crippen LogP contribution in [0.5, 0.6) is 0 Å². The monoisotopic (exact) mass is 297 g/mol. The number of β-lactam (4-membered cyclic amide) rings is 1. The predicted molar refractivity (Wildman–Crippen MR) is 75.2 cm³/mol. The number of piperidine rings is 1. The number of rotatable bonds is 2. The molecule has 0 saturated carbocycles. The first-order chi connectivity index (χ1) is 9.63. The summed E-state index contributed by atoms with van der Waals surface area (Å²) < 4.78 is 5.33. The van der Waals surface area contributed by atoms with Gasteiger partial charge in [-0.25, -0.2) is 4.79 Å². The van der Waals surface area contributed by atoms with Gasteiger partial charge in [-0.3, -0.25) is 9.59 Å². The van der Waals surface area contributed by atoms with Gasteiger partial charge in [-0.1, -0.05) is 0 Å². The Morgan fingerprint density at radius 1 is 1.29 bits per heavy atom. The molecule has 7 heteroatoms. The van der Waals surface area contributed by atoms with Crippen LogP contribution in [0.3, 0.4) is 0 Å². The molecule has 2 rings (SSSR count). The minimum atomic E-state index is -0.517. The highest BCUT2D eigenvalue weighted by atomic mass is 16.6. The molecule has 0 bridgehead atoms. The Hall–Kier alpha value is -1.79. The minimum Gasteiger partial charge on any atom is -0.444 e. The van der Waals surface area contributed by atoms with E-state index in [9.17, 15) is 14.4 Å². The smallest absolute Gasteiger partial charge is 0.410 e. The lowest BCUT2D eigenvalue weighted by molar-refractivity contribution is -0.166. The number of carbonyl (C=O) groups is 3. The van der Waals surface area contributed by atoms with Crippen molar-refractivity contribution in [3.05, 3.63) is 0 Å². The highest BCUT2D eigenvalue weighted by Gasteiger charge is 2.53. The summed E-state index contributed by atoms with van der Waals surface area (Å²) in [5.41, 5.74) is 4.18. The standard InChI is InChI=1S/C14H23N3O4/c1-13(2,3)21-12(20)16-6-4-14(5-7-16)9-17(11(14)19)8-10(15)18/h4-9H2,1-3H3,(H2,15,18). The van der Waals surface area contributed by atoms with Crippen molar-refractivity contribution in [2.24, 2.45) is 11.1 Å². The van der Waals surface area contributed by atoms with Gasteiger partial charge in [-0.05, 0) is 33.6 Å². The summed E-state index contributed by atoms with van der Waals surface area (Å²) in [6.07, 6.45) is 0.888. The Morgan fingerprint density at radius 3 is 2.29 bits per heavy atom. The molecule has 2 aliphatic heterocycles. The fraction of sp³-hybridized carbons (Fsp3) is 0.786. The lowest BCUT2D eigenvalue weighted by Crippen LogP contribution is -2.66. The van der Waals surface area contributed by atoms with E-state index >= 15 is 0 Å². The van der Waals surface area contributed by atoms with Crippen LogP contribution in [0.15, 0.2) is 0 Å². The molecule has 3 amide bonds. The van der Waals surface area contributed by atoms with E-state index in [2.05, 4.69) is 0 Å². The summed E-state index contributed by atoms with van der Waals surface area (Å²) in [7, 11) is 0. The average Bonchev–Trinajstić information content (AvgIpc) is 2.36. The molecule has 2 N–H and O–H groups in total. The van der Waals surface area contributed by atoms with Crippen molar-refractivity contribution in [1.82, 2.24) is 9.80 Å². The Morgan fingerprint density at radius 2 is 1.86 bits per heavy atom. The molecule has 0 aromatic rings. The SMILES string of the molecule is CC(C)(C)OC(=O)N1CCC2(CC1)CN(CC(N)=O)C2=O. The lowest BCUT2D eigenvalue weighted by atomic mass is 9.71. The van der Waals surface area contributed by atoms with E-state index in [0.29, 0.717) is 32.5 Å². The van der Waals surface area contributed by atoms with Gasteiger partial charge in [0.25, 0.3) is 0 Å². The molecule has 0 aromatic carbocycles. The van der Waals surface area contributed by atoms with Crippen LogP contribution < -0.4 is 5.73 Å². The number of nitrogens with two attached hydrogens (primary N) is 1. The first-order valence-corrected chi connectivity index (χ1v) is 7.19.